The number of phenols is 1. The van der Waals surface area contributed by atoms with E-state index in [0.717, 1.165) is 5.56 Å². The van der Waals surface area contributed by atoms with E-state index in [1.165, 1.54) is 19.4 Å². The van der Waals surface area contributed by atoms with Gasteiger partial charge in [0.05, 0.1) is 13.3 Å². The Bertz CT molecular complexity index is 762. The van der Waals surface area contributed by atoms with E-state index in [9.17, 15) is 9.90 Å². The van der Waals surface area contributed by atoms with Gasteiger partial charge in [-0.25, -0.2) is 5.43 Å². The molecule has 24 heavy (non-hydrogen) atoms. The number of nitrogens with zero attached hydrogens (tertiary/aromatic N) is 1. The van der Waals surface area contributed by atoms with Gasteiger partial charge in [-0.05, 0) is 54.4 Å². The van der Waals surface area contributed by atoms with Crippen LogP contribution < -0.4 is 14.9 Å². The summed E-state index contributed by atoms with van der Waals surface area (Å²) in [7, 11) is 1.46. The number of carbonyl (C=O) groups is 1. The van der Waals surface area contributed by atoms with Crippen molar-refractivity contribution in [1.29, 1.82) is 0 Å². The van der Waals surface area contributed by atoms with Crippen molar-refractivity contribution in [2.45, 2.75) is 6.92 Å². The summed E-state index contributed by atoms with van der Waals surface area (Å²) in [6.45, 7) is 1.67. The molecule has 2 N–H and O–H groups in total. The maximum absolute atomic E-state index is 11.7. The van der Waals surface area contributed by atoms with Crippen molar-refractivity contribution >= 4 is 23.7 Å². The molecule has 2 aromatic carbocycles. The number of amides is 1. The molecule has 0 aromatic heterocycles. The molecule has 6 nitrogen and oxygen atoms in total. The van der Waals surface area contributed by atoms with Crippen molar-refractivity contribution in [2.24, 2.45) is 5.10 Å². The maximum Gasteiger partial charge on any atom is 0.277 e. The minimum absolute atomic E-state index is 0.00526. The Labute approximate surface area is 144 Å². The van der Waals surface area contributed by atoms with E-state index >= 15 is 0 Å². The number of carbonyl (C=O) groups excluding carboxylic acids is 1. The van der Waals surface area contributed by atoms with Gasteiger partial charge in [0.1, 0.15) is 5.75 Å². The Morgan fingerprint density at radius 1 is 1.29 bits per heavy atom. The number of aromatic hydroxyl groups is 1. The molecule has 0 bridgehead atoms. The third-order valence-corrected chi connectivity index (χ3v) is 3.34. The molecule has 2 rings (SSSR count). The molecule has 0 spiro atoms. The fourth-order valence-electron chi connectivity index (χ4n) is 1.92. The van der Waals surface area contributed by atoms with Crippen LogP contribution in [0.4, 0.5) is 0 Å². The van der Waals surface area contributed by atoms with Crippen LogP contribution in [0.1, 0.15) is 11.1 Å². The van der Waals surface area contributed by atoms with Gasteiger partial charge in [0.25, 0.3) is 5.91 Å². The maximum atomic E-state index is 11.7. The van der Waals surface area contributed by atoms with Crippen LogP contribution in [0.2, 0.25) is 5.02 Å². The molecule has 0 fully saturated rings. The first-order valence-electron chi connectivity index (χ1n) is 7.07. The van der Waals surface area contributed by atoms with Crippen molar-refractivity contribution in [2.75, 3.05) is 13.7 Å². The van der Waals surface area contributed by atoms with Gasteiger partial charge in [0, 0.05) is 5.02 Å². The normalized spacial score (nSPS) is 10.6. The minimum atomic E-state index is -0.404. The average molecular weight is 349 g/mol. The largest absolute Gasteiger partial charge is 0.504 e. The predicted octanol–water partition coefficient (Wildman–Crippen LogP) is 2.89. The van der Waals surface area contributed by atoms with Crippen LogP contribution >= 0.6 is 11.6 Å². The zero-order valence-electron chi connectivity index (χ0n) is 13.2. The second-order valence-electron chi connectivity index (χ2n) is 4.92. The molecule has 0 unspecified atom stereocenters. The van der Waals surface area contributed by atoms with Gasteiger partial charge >= 0.3 is 0 Å². The zero-order chi connectivity index (χ0) is 17.5. The first-order valence-corrected chi connectivity index (χ1v) is 7.45. The van der Waals surface area contributed by atoms with E-state index in [0.29, 0.717) is 22.1 Å². The van der Waals surface area contributed by atoms with Crippen LogP contribution in [0.5, 0.6) is 17.2 Å². The predicted molar refractivity (Wildman–Crippen MR) is 92.1 cm³/mol. The lowest BCUT2D eigenvalue weighted by atomic mass is 10.2. The summed E-state index contributed by atoms with van der Waals surface area (Å²) >= 11 is 5.86. The van der Waals surface area contributed by atoms with Crippen molar-refractivity contribution in [3.8, 4) is 17.2 Å². The molecule has 0 radical (unpaired) electrons. The summed E-state index contributed by atoms with van der Waals surface area (Å²) in [4.78, 5) is 11.7. The molecule has 0 atom stereocenters. The van der Waals surface area contributed by atoms with Gasteiger partial charge in [0.2, 0.25) is 0 Å². The number of nitrogens with one attached hydrogen (secondary N) is 1. The molecule has 126 valence electrons. The lowest BCUT2D eigenvalue weighted by Gasteiger charge is -2.08. The molecule has 0 saturated carbocycles. The number of methoxy groups -OCH3 is 1. The van der Waals surface area contributed by atoms with Gasteiger partial charge in [-0.15, -0.1) is 0 Å². The highest BCUT2D eigenvalue weighted by Gasteiger charge is 2.05. The second kappa shape index (κ2) is 8.21. The lowest BCUT2D eigenvalue weighted by Crippen LogP contribution is -2.24. The number of hydrogen-bond acceptors (Lipinski definition) is 5. The lowest BCUT2D eigenvalue weighted by molar-refractivity contribution is -0.123. The van der Waals surface area contributed by atoms with E-state index < -0.39 is 5.91 Å². The Morgan fingerprint density at radius 2 is 2.04 bits per heavy atom. The number of benzene rings is 2. The Morgan fingerprint density at radius 3 is 2.71 bits per heavy atom. The van der Waals surface area contributed by atoms with Crippen molar-refractivity contribution < 1.29 is 19.4 Å². The second-order valence-corrected chi connectivity index (χ2v) is 5.36. The summed E-state index contributed by atoms with van der Waals surface area (Å²) in [6.07, 6.45) is 1.41. The number of aryl methyl sites for hydroxylation is 1. The Hall–Kier alpha value is -2.73. The molecule has 7 heteroatoms. The number of rotatable bonds is 6. The quantitative estimate of drug-likeness (QED) is 0.621. The van der Waals surface area contributed by atoms with E-state index in [-0.39, 0.29) is 12.4 Å². The molecular formula is C17H17ClN2O4. The van der Waals surface area contributed by atoms with E-state index in [2.05, 4.69) is 10.5 Å². The first-order chi connectivity index (χ1) is 11.5. The third kappa shape index (κ3) is 4.89. The molecule has 0 aliphatic heterocycles. The number of hydrogen-bond donors (Lipinski definition) is 2. The highest BCUT2D eigenvalue weighted by atomic mass is 35.5. The SMILES string of the molecule is COc1ccc(/C=N/NC(=O)COc2ccc(Cl)cc2C)cc1O. The average Bonchev–Trinajstić information content (AvgIpc) is 2.54. The Balaban J connectivity index is 1.85. The number of halogens is 1. The van der Waals surface area contributed by atoms with E-state index in [4.69, 9.17) is 21.1 Å². The van der Waals surface area contributed by atoms with Crippen molar-refractivity contribution in [3.63, 3.8) is 0 Å². The minimum Gasteiger partial charge on any atom is -0.504 e. The molecule has 1 amide bonds. The summed E-state index contributed by atoms with van der Waals surface area (Å²) in [6, 6.07) is 9.92. The summed E-state index contributed by atoms with van der Waals surface area (Å²) in [5.41, 5.74) is 3.80. The van der Waals surface area contributed by atoms with Crippen LogP contribution in [-0.4, -0.2) is 30.9 Å². The summed E-state index contributed by atoms with van der Waals surface area (Å²) in [5.74, 6) is 0.536. The molecule has 0 heterocycles. The monoisotopic (exact) mass is 348 g/mol. The topological polar surface area (TPSA) is 80.2 Å². The van der Waals surface area contributed by atoms with Gasteiger partial charge in [-0.3, -0.25) is 4.79 Å². The third-order valence-electron chi connectivity index (χ3n) is 3.10. The van der Waals surface area contributed by atoms with E-state index in [1.807, 2.05) is 6.92 Å². The number of phenolic OH excluding ortho intramolecular Hbond substituents is 1. The summed E-state index contributed by atoms with van der Waals surface area (Å²) in [5, 5.41) is 14.1. The summed E-state index contributed by atoms with van der Waals surface area (Å²) < 4.78 is 10.3. The van der Waals surface area contributed by atoms with Gasteiger partial charge in [-0.1, -0.05) is 11.6 Å². The highest BCUT2D eigenvalue weighted by molar-refractivity contribution is 6.30. The van der Waals surface area contributed by atoms with Crippen LogP contribution in [0, 0.1) is 6.92 Å². The van der Waals surface area contributed by atoms with Crippen LogP contribution in [-0.2, 0) is 4.79 Å². The smallest absolute Gasteiger partial charge is 0.277 e. The molecule has 0 aliphatic carbocycles. The van der Waals surface area contributed by atoms with Crippen molar-refractivity contribution in [1.82, 2.24) is 5.43 Å². The Kier molecular flexibility index (Phi) is 6.03. The van der Waals surface area contributed by atoms with Crippen LogP contribution in [0.25, 0.3) is 0 Å². The van der Waals surface area contributed by atoms with Crippen molar-refractivity contribution in [3.05, 3.63) is 52.5 Å². The van der Waals surface area contributed by atoms with Crippen LogP contribution in [0.15, 0.2) is 41.5 Å². The zero-order valence-corrected chi connectivity index (χ0v) is 14.0. The number of hydrazone groups is 1. The van der Waals surface area contributed by atoms with E-state index in [1.54, 1.807) is 30.3 Å². The van der Waals surface area contributed by atoms with Gasteiger partial charge in [-0.2, -0.15) is 5.10 Å². The fraction of sp³-hybridized carbons (Fsp3) is 0.176. The van der Waals surface area contributed by atoms with Gasteiger partial charge < -0.3 is 14.6 Å². The number of ether oxygens (including phenoxy) is 2. The molecule has 2 aromatic rings. The first kappa shape index (κ1) is 17.6. The molecule has 0 saturated heterocycles. The molecule has 0 aliphatic rings. The standard InChI is InChI=1S/C17H17ClN2O4/c1-11-7-13(18)4-6-15(11)24-10-17(22)20-19-9-12-3-5-16(23-2)14(21)8-12/h3-9,21H,10H2,1-2H3,(H,20,22)/b19-9+. The van der Waals surface area contributed by atoms with Gasteiger partial charge in [0.15, 0.2) is 18.1 Å². The van der Waals surface area contributed by atoms with Crippen LogP contribution in [0.3, 0.4) is 0 Å². The molecular weight excluding hydrogens is 332 g/mol. The highest BCUT2D eigenvalue weighted by Crippen LogP contribution is 2.25. The fourth-order valence-corrected chi connectivity index (χ4v) is 2.14.